The second kappa shape index (κ2) is 7.41. The monoisotopic (exact) mass is 276 g/mol. The van der Waals surface area contributed by atoms with E-state index < -0.39 is 6.04 Å². The van der Waals surface area contributed by atoms with Gasteiger partial charge in [-0.3, -0.25) is 4.79 Å². The first-order valence-electron chi connectivity index (χ1n) is 7.32. The Morgan fingerprint density at radius 1 is 1.45 bits per heavy atom. The van der Waals surface area contributed by atoms with Crippen LogP contribution in [0.2, 0.25) is 0 Å². The lowest BCUT2D eigenvalue weighted by atomic mass is 10.0. The maximum atomic E-state index is 12.3. The van der Waals surface area contributed by atoms with Gasteiger partial charge >= 0.3 is 0 Å². The van der Waals surface area contributed by atoms with E-state index in [-0.39, 0.29) is 12.0 Å². The summed E-state index contributed by atoms with van der Waals surface area (Å²) < 4.78 is 5.35. The first-order valence-corrected chi connectivity index (χ1v) is 7.32. The number of nitrogens with two attached hydrogens (primary N) is 1. The highest BCUT2D eigenvalue weighted by molar-refractivity contribution is 5.81. The largest absolute Gasteiger partial charge is 0.380 e. The van der Waals surface area contributed by atoms with Crippen LogP contribution >= 0.6 is 0 Å². The molecule has 4 nitrogen and oxygen atoms in total. The number of nitrogens with zero attached hydrogens (tertiary/aromatic N) is 1. The molecule has 0 aromatic heterocycles. The van der Waals surface area contributed by atoms with Gasteiger partial charge in [-0.15, -0.1) is 0 Å². The molecule has 1 aliphatic rings. The van der Waals surface area contributed by atoms with Crippen molar-refractivity contribution in [3.05, 3.63) is 35.9 Å². The number of ether oxygens (including phenoxy) is 1. The summed E-state index contributed by atoms with van der Waals surface area (Å²) in [5.74, 6) is 0.0580. The number of likely N-dealkylation sites (tertiary alicyclic amines) is 1. The number of benzene rings is 1. The summed E-state index contributed by atoms with van der Waals surface area (Å²) in [6, 6.07) is 9.74. The average Bonchev–Trinajstić information content (AvgIpc) is 2.53. The minimum Gasteiger partial charge on any atom is -0.380 e. The minimum atomic E-state index is -0.411. The Labute approximate surface area is 120 Å². The third-order valence-electron chi connectivity index (χ3n) is 3.93. The standard InChI is InChI=1S/C16H24N2O2/c1-20-14-8-5-11-18(12-14)16(19)15(17)10-9-13-6-3-2-4-7-13/h2-4,6-7,14-15H,5,8-12,17H2,1H3/t14?,15-/m0/s1. The number of amides is 1. The molecule has 2 atom stereocenters. The van der Waals surface area contributed by atoms with Gasteiger partial charge in [0.05, 0.1) is 12.1 Å². The van der Waals surface area contributed by atoms with E-state index in [1.165, 1.54) is 5.56 Å². The molecular formula is C16H24N2O2. The van der Waals surface area contributed by atoms with Gasteiger partial charge in [0.1, 0.15) is 0 Å². The van der Waals surface area contributed by atoms with Gasteiger partial charge in [0.25, 0.3) is 0 Å². The molecule has 110 valence electrons. The van der Waals surface area contributed by atoms with Crippen molar-refractivity contribution in [1.82, 2.24) is 4.90 Å². The highest BCUT2D eigenvalue weighted by Crippen LogP contribution is 2.14. The van der Waals surface area contributed by atoms with Gasteiger partial charge in [0, 0.05) is 20.2 Å². The van der Waals surface area contributed by atoms with Crippen molar-refractivity contribution < 1.29 is 9.53 Å². The van der Waals surface area contributed by atoms with Gasteiger partial charge in [0.2, 0.25) is 5.91 Å². The van der Waals surface area contributed by atoms with E-state index in [1.807, 2.05) is 23.1 Å². The molecule has 1 aromatic carbocycles. The minimum absolute atomic E-state index is 0.0580. The summed E-state index contributed by atoms with van der Waals surface area (Å²) in [6.07, 6.45) is 3.72. The SMILES string of the molecule is COC1CCCN(C(=O)[C@@H](N)CCc2ccccc2)C1. The normalized spacial score (nSPS) is 20.7. The van der Waals surface area contributed by atoms with Crippen LogP contribution in [0.15, 0.2) is 30.3 Å². The van der Waals surface area contributed by atoms with Gasteiger partial charge < -0.3 is 15.4 Å². The zero-order valence-corrected chi connectivity index (χ0v) is 12.1. The van der Waals surface area contributed by atoms with Crippen LogP contribution in [0.4, 0.5) is 0 Å². The van der Waals surface area contributed by atoms with Gasteiger partial charge in [-0.2, -0.15) is 0 Å². The molecule has 0 radical (unpaired) electrons. The highest BCUT2D eigenvalue weighted by atomic mass is 16.5. The van der Waals surface area contributed by atoms with Crippen molar-refractivity contribution >= 4 is 5.91 Å². The fourth-order valence-electron chi connectivity index (χ4n) is 2.66. The first kappa shape index (κ1) is 15.0. The molecule has 20 heavy (non-hydrogen) atoms. The molecule has 1 unspecified atom stereocenters. The Balaban J connectivity index is 1.82. The summed E-state index contributed by atoms with van der Waals surface area (Å²) >= 11 is 0. The van der Waals surface area contributed by atoms with E-state index in [0.717, 1.165) is 25.8 Å². The quantitative estimate of drug-likeness (QED) is 0.888. The van der Waals surface area contributed by atoms with E-state index in [4.69, 9.17) is 10.5 Å². The maximum absolute atomic E-state index is 12.3. The van der Waals surface area contributed by atoms with E-state index in [2.05, 4.69) is 12.1 Å². The summed E-state index contributed by atoms with van der Waals surface area (Å²) in [6.45, 7) is 1.48. The van der Waals surface area contributed by atoms with E-state index >= 15 is 0 Å². The molecule has 1 aliphatic heterocycles. The predicted octanol–water partition coefficient (Wildman–Crippen LogP) is 1.58. The molecule has 1 amide bonds. The molecule has 0 bridgehead atoms. The number of hydrogen-bond acceptors (Lipinski definition) is 3. The third kappa shape index (κ3) is 4.05. The van der Waals surface area contributed by atoms with Gasteiger partial charge in [-0.05, 0) is 31.2 Å². The highest BCUT2D eigenvalue weighted by Gasteiger charge is 2.26. The fraction of sp³-hybridized carbons (Fsp3) is 0.562. The summed E-state index contributed by atoms with van der Waals surface area (Å²) in [5.41, 5.74) is 7.28. The van der Waals surface area contributed by atoms with Crippen LogP contribution in [-0.4, -0.2) is 43.2 Å². The Morgan fingerprint density at radius 2 is 2.20 bits per heavy atom. The number of carbonyl (C=O) groups excluding carboxylic acids is 1. The van der Waals surface area contributed by atoms with Crippen LogP contribution < -0.4 is 5.73 Å². The lowest BCUT2D eigenvalue weighted by molar-refractivity contribution is -0.136. The second-order valence-corrected chi connectivity index (χ2v) is 5.41. The van der Waals surface area contributed by atoms with E-state index in [0.29, 0.717) is 13.0 Å². The summed E-state index contributed by atoms with van der Waals surface area (Å²) in [7, 11) is 1.70. The third-order valence-corrected chi connectivity index (χ3v) is 3.93. The van der Waals surface area contributed by atoms with E-state index in [9.17, 15) is 4.79 Å². The Morgan fingerprint density at radius 3 is 2.90 bits per heavy atom. The average molecular weight is 276 g/mol. The summed E-state index contributed by atoms with van der Waals surface area (Å²) in [4.78, 5) is 14.2. The molecule has 1 heterocycles. The number of piperidine rings is 1. The topological polar surface area (TPSA) is 55.6 Å². The van der Waals surface area contributed by atoms with Crippen LogP contribution in [0.1, 0.15) is 24.8 Å². The van der Waals surface area contributed by atoms with Crippen molar-refractivity contribution in [2.75, 3.05) is 20.2 Å². The molecule has 2 rings (SSSR count). The van der Waals surface area contributed by atoms with Crippen LogP contribution in [0.5, 0.6) is 0 Å². The number of hydrogen-bond donors (Lipinski definition) is 1. The van der Waals surface area contributed by atoms with Crippen molar-refractivity contribution in [2.45, 2.75) is 37.8 Å². The Hall–Kier alpha value is -1.39. The zero-order chi connectivity index (χ0) is 14.4. The Kier molecular flexibility index (Phi) is 5.56. The van der Waals surface area contributed by atoms with Crippen LogP contribution in [0.3, 0.4) is 0 Å². The van der Waals surface area contributed by atoms with Crippen LogP contribution in [0, 0.1) is 0 Å². The molecule has 1 aromatic rings. The lowest BCUT2D eigenvalue weighted by Crippen LogP contribution is -2.49. The second-order valence-electron chi connectivity index (χ2n) is 5.41. The van der Waals surface area contributed by atoms with E-state index in [1.54, 1.807) is 7.11 Å². The van der Waals surface area contributed by atoms with Crippen molar-refractivity contribution in [2.24, 2.45) is 5.73 Å². The van der Waals surface area contributed by atoms with Gasteiger partial charge in [-0.25, -0.2) is 0 Å². The molecule has 4 heteroatoms. The van der Waals surface area contributed by atoms with Gasteiger partial charge in [-0.1, -0.05) is 30.3 Å². The van der Waals surface area contributed by atoms with Crippen molar-refractivity contribution in [1.29, 1.82) is 0 Å². The lowest BCUT2D eigenvalue weighted by Gasteiger charge is -2.33. The fourth-order valence-corrected chi connectivity index (χ4v) is 2.66. The number of methoxy groups -OCH3 is 1. The van der Waals surface area contributed by atoms with Crippen LogP contribution in [0.25, 0.3) is 0 Å². The molecule has 0 saturated carbocycles. The number of carbonyl (C=O) groups is 1. The number of aryl methyl sites for hydroxylation is 1. The smallest absolute Gasteiger partial charge is 0.239 e. The first-order chi connectivity index (χ1) is 9.70. The number of rotatable bonds is 5. The maximum Gasteiger partial charge on any atom is 0.239 e. The molecule has 0 spiro atoms. The summed E-state index contributed by atoms with van der Waals surface area (Å²) in [5, 5.41) is 0. The molecule has 1 saturated heterocycles. The van der Waals surface area contributed by atoms with Crippen LogP contribution in [-0.2, 0) is 16.0 Å². The van der Waals surface area contributed by atoms with Gasteiger partial charge in [0.15, 0.2) is 0 Å². The molecule has 0 aliphatic carbocycles. The zero-order valence-electron chi connectivity index (χ0n) is 12.1. The molecular weight excluding hydrogens is 252 g/mol. The Bertz CT molecular complexity index is 422. The van der Waals surface area contributed by atoms with Crippen molar-refractivity contribution in [3.63, 3.8) is 0 Å². The van der Waals surface area contributed by atoms with Crippen molar-refractivity contribution in [3.8, 4) is 0 Å². The molecule has 2 N–H and O–H groups in total. The predicted molar refractivity (Wildman–Crippen MR) is 79.3 cm³/mol. The molecule has 1 fully saturated rings.